The maximum Gasteiger partial charge on any atom is 0.340 e. The van der Waals surface area contributed by atoms with E-state index in [1.54, 1.807) is 6.07 Å². The minimum Gasteiger partial charge on any atom is -0.494 e. The minimum atomic E-state index is -2.98. The lowest BCUT2D eigenvalue weighted by Gasteiger charge is -2.09. The number of aromatic nitrogens is 1. The number of ether oxygens (including phenoxy) is 2. The summed E-state index contributed by atoms with van der Waals surface area (Å²) in [4.78, 5) is 14.7. The van der Waals surface area contributed by atoms with E-state index >= 15 is 0 Å². The van der Waals surface area contributed by atoms with E-state index in [9.17, 15) is 13.6 Å². The van der Waals surface area contributed by atoms with Gasteiger partial charge in [0.15, 0.2) is 11.4 Å². The molecule has 0 radical (unpaired) electrons. The second-order valence-electron chi connectivity index (χ2n) is 2.88. The van der Waals surface area contributed by atoms with Crippen molar-refractivity contribution in [2.24, 2.45) is 0 Å². The van der Waals surface area contributed by atoms with E-state index in [4.69, 9.17) is 10.00 Å². The predicted molar refractivity (Wildman–Crippen MR) is 51.8 cm³/mol. The monoisotopic (exact) mass is 242 g/mol. The molecule has 7 heteroatoms. The number of hydrogen-bond acceptors (Lipinski definition) is 5. The van der Waals surface area contributed by atoms with Crippen LogP contribution in [-0.2, 0) is 4.74 Å². The zero-order valence-corrected chi connectivity index (χ0v) is 9.03. The molecule has 0 aromatic carbocycles. The van der Waals surface area contributed by atoms with E-state index < -0.39 is 23.7 Å². The van der Waals surface area contributed by atoms with Crippen LogP contribution in [0.15, 0.2) is 6.07 Å². The van der Waals surface area contributed by atoms with Gasteiger partial charge in [-0.15, -0.1) is 0 Å². The molecule has 1 rings (SSSR count). The summed E-state index contributed by atoms with van der Waals surface area (Å²) in [6.07, 6.45) is -2.98. The summed E-state index contributed by atoms with van der Waals surface area (Å²) >= 11 is 0. The van der Waals surface area contributed by atoms with Gasteiger partial charge in [0.2, 0.25) is 0 Å². The first-order chi connectivity index (χ1) is 8.04. The fourth-order valence-electron chi connectivity index (χ4n) is 1.18. The Morgan fingerprint density at radius 3 is 2.59 bits per heavy atom. The Bertz CT molecular complexity index is 483. The molecule has 1 heterocycles. The normalized spacial score (nSPS) is 9.88. The van der Waals surface area contributed by atoms with Crippen molar-refractivity contribution >= 4 is 5.97 Å². The number of carbonyl (C=O) groups is 1. The molecule has 0 aliphatic rings. The predicted octanol–water partition coefficient (Wildman–Crippen LogP) is 1.69. The van der Waals surface area contributed by atoms with Crippen molar-refractivity contribution in [3.05, 3.63) is 23.0 Å². The number of methoxy groups -OCH3 is 2. The molecule has 0 unspecified atom stereocenters. The van der Waals surface area contributed by atoms with Gasteiger partial charge >= 0.3 is 5.97 Å². The molecule has 0 amide bonds. The Labute approximate surface area is 95.6 Å². The molecular weight excluding hydrogens is 234 g/mol. The third-order valence-electron chi connectivity index (χ3n) is 1.95. The molecular formula is C10H8F2N2O3. The molecule has 1 aromatic rings. The number of alkyl halides is 2. The van der Waals surface area contributed by atoms with Gasteiger partial charge < -0.3 is 9.47 Å². The highest BCUT2D eigenvalue weighted by atomic mass is 19.3. The van der Waals surface area contributed by atoms with Crippen LogP contribution in [0.4, 0.5) is 8.78 Å². The van der Waals surface area contributed by atoms with Gasteiger partial charge in [-0.3, -0.25) is 0 Å². The standard InChI is InChI=1S/C10H8F2N2O3/c1-16-7-3-5(10(15)17-2)8(9(11)12)14-6(7)4-13/h3,9H,1-2H3. The van der Waals surface area contributed by atoms with Crippen LogP contribution in [-0.4, -0.2) is 25.2 Å². The molecule has 90 valence electrons. The fraction of sp³-hybridized carbons (Fsp3) is 0.300. The highest BCUT2D eigenvalue weighted by Crippen LogP contribution is 2.27. The molecule has 0 saturated heterocycles. The zero-order chi connectivity index (χ0) is 13.0. The first kappa shape index (κ1) is 12.8. The maximum atomic E-state index is 12.7. The lowest BCUT2D eigenvalue weighted by atomic mass is 10.1. The molecule has 0 aliphatic heterocycles. The van der Waals surface area contributed by atoms with Crippen LogP contribution in [0.5, 0.6) is 5.75 Å². The summed E-state index contributed by atoms with van der Waals surface area (Å²) in [7, 11) is 2.29. The molecule has 0 fully saturated rings. The van der Waals surface area contributed by atoms with Gasteiger partial charge in [-0.25, -0.2) is 18.6 Å². The number of pyridine rings is 1. The Balaban J connectivity index is 3.47. The second kappa shape index (κ2) is 5.21. The lowest BCUT2D eigenvalue weighted by Crippen LogP contribution is -2.10. The van der Waals surface area contributed by atoms with Crippen molar-refractivity contribution < 1.29 is 23.0 Å². The molecule has 0 bridgehead atoms. The van der Waals surface area contributed by atoms with Crippen LogP contribution in [0.1, 0.15) is 28.2 Å². The molecule has 1 aromatic heterocycles. The van der Waals surface area contributed by atoms with Crippen molar-refractivity contribution in [2.75, 3.05) is 14.2 Å². The molecule has 0 saturated carbocycles. The highest BCUT2D eigenvalue weighted by molar-refractivity contribution is 5.91. The van der Waals surface area contributed by atoms with Crippen LogP contribution in [0, 0.1) is 11.3 Å². The Kier molecular flexibility index (Phi) is 3.93. The average Bonchev–Trinajstić information content (AvgIpc) is 2.35. The van der Waals surface area contributed by atoms with Crippen LogP contribution in [0.25, 0.3) is 0 Å². The quantitative estimate of drug-likeness (QED) is 0.754. The number of rotatable bonds is 3. The Morgan fingerprint density at radius 1 is 1.53 bits per heavy atom. The van der Waals surface area contributed by atoms with Gasteiger partial charge in [0.25, 0.3) is 6.43 Å². The number of esters is 1. The van der Waals surface area contributed by atoms with E-state index in [1.165, 1.54) is 7.11 Å². The SMILES string of the molecule is COC(=O)c1cc(OC)c(C#N)nc1C(F)F. The zero-order valence-electron chi connectivity index (χ0n) is 9.03. The molecule has 0 spiro atoms. The van der Waals surface area contributed by atoms with Crippen molar-refractivity contribution in [1.29, 1.82) is 5.26 Å². The number of halogens is 2. The minimum absolute atomic E-state index is 0.0581. The summed E-state index contributed by atoms with van der Waals surface area (Å²) in [6.45, 7) is 0. The largest absolute Gasteiger partial charge is 0.494 e. The third-order valence-corrected chi connectivity index (χ3v) is 1.95. The summed E-state index contributed by atoms with van der Waals surface area (Å²) in [5, 5.41) is 8.69. The fourth-order valence-corrected chi connectivity index (χ4v) is 1.18. The average molecular weight is 242 g/mol. The molecule has 5 nitrogen and oxygen atoms in total. The first-order valence-electron chi connectivity index (χ1n) is 4.40. The van der Waals surface area contributed by atoms with Gasteiger partial charge in [0.1, 0.15) is 11.8 Å². The second-order valence-corrected chi connectivity index (χ2v) is 2.88. The number of nitriles is 1. The summed E-state index contributed by atoms with van der Waals surface area (Å²) in [6, 6.07) is 2.62. The lowest BCUT2D eigenvalue weighted by molar-refractivity contribution is 0.0586. The van der Waals surface area contributed by atoms with E-state index in [-0.39, 0.29) is 11.4 Å². The van der Waals surface area contributed by atoms with E-state index in [0.717, 1.165) is 13.2 Å². The summed E-state index contributed by atoms with van der Waals surface area (Å²) < 4.78 is 34.4. The van der Waals surface area contributed by atoms with Gasteiger partial charge in [-0.05, 0) is 6.07 Å². The van der Waals surface area contributed by atoms with E-state index in [2.05, 4.69) is 9.72 Å². The number of hydrogen-bond donors (Lipinski definition) is 0. The molecule has 0 N–H and O–H groups in total. The Hall–Kier alpha value is -2.23. The van der Waals surface area contributed by atoms with E-state index in [0.29, 0.717) is 0 Å². The van der Waals surface area contributed by atoms with E-state index in [1.807, 2.05) is 0 Å². The van der Waals surface area contributed by atoms with Crippen molar-refractivity contribution in [1.82, 2.24) is 4.98 Å². The molecule has 0 aliphatic carbocycles. The molecule has 17 heavy (non-hydrogen) atoms. The third kappa shape index (κ3) is 2.47. The van der Waals surface area contributed by atoms with Gasteiger partial charge in [-0.2, -0.15) is 5.26 Å². The van der Waals surface area contributed by atoms with Crippen LogP contribution in [0.3, 0.4) is 0 Å². The van der Waals surface area contributed by atoms with Crippen LogP contribution >= 0.6 is 0 Å². The number of carbonyl (C=O) groups excluding carboxylic acids is 1. The smallest absolute Gasteiger partial charge is 0.340 e. The highest BCUT2D eigenvalue weighted by Gasteiger charge is 2.24. The summed E-state index contributed by atoms with van der Waals surface area (Å²) in [5.74, 6) is -1.02. The number of nitrogens with zero attached hydrogens (tertiary/aromatic N) is 2. The van der Waals surface area contributed by atoms with Gasteiger partial charge in [0.05, 0.1) is 19.8 Å². The summed E-state index contributed by atoms with van der Waals surface area (Å²) in [5.41, 5.74) is -1.52. The van der Waals surface area contributed by atoms with Crippen molar-refractivity contribution in [3.8, 4) is 11.8 Å². The van der Waals surface area contributed by atoms with Gasteiger partial charge in [0, 0.05) is 0 Å². The topological polar surface area (TPSA) is 72.2 Å². The first-order valence-corrected chi connectivity index (χ1v) is 4.40. The van der Waals surface area contributed by atoms with Gasteiger partial charge in [-0.1, -0.05) is 0 Å². The van der Waals surface area contributed by atoms with Crippen molar-refractivity contribution in [2.45, 2.75) is 6.43 Å². The van der Waals surface area contributed by atoms with Crippen LogP contribution in [0.2, 0.25) is 0 Å². The Morgan fingerprint density at radius 2 is 2.18 bits per heavy atom. The van der Waals surface area contributed by atoms with Crippen LogP contribution < -0.4 is 4.74 Å². The molecule has 0 atom stereocenters. The maximum absolute atomic E-state index is 12.7. The van der Waals surface area contributed by atoms with Crippen molar-refractivity contribution in [3.63, 3.8) is 0 Å².